The third-order valence-corrected chi connectivity index (χ3v) is 1.35. The van der Waals surface area contributed by atoms with E-state index >= 15 is 0 Å². The molecule has 0 aliphatic heterocycles. The molecule has 0 aliphatic carbocycles. The van der Waals surface area contributed by atoms with Crippen LogP contribution in [0.2, 0.25) is 0 Å². The van der Waals surface area contributed by atoms with Crippen molar-refractivity contribution in [3.8, 4) is 0 Å². The zero-order valence-corrected chi connectivity index (χ0v) is 9.43. The smallest absolute Gasteiger partial charge is 0.329 e. The van der Waals surface area contributed by atoms with Gasteiger partial charge in [0, 0.05) is 6.42 Å². The van der Waals surface area contributed by atoms with Gasteiger partial charge in [-0.05, 0) is 0 Å². The Morgan fingerprint density at radius 3 is 1.67 bits per heavy atom. The van der Waals surface area contributed by atoms with Crippen LogP contribution < -0.4 is 0 Å². The molecule has 0 unspecified atom stereocenters. The Labute approximate surface area is 89.3 Å². The van der Waals surface area contributed by atoms with Crippen molar-refractivity contribution in [2.75, 3.05) is 34.3 Å². The fourth-order valence-electron chi connectivity index (χ4n) is 0.705. The minimum atomic E-state index is -1.19. The Hall–Kier alpha value is -1.14. The van der Waals surface area contributed by atoms with E-state index in [0.29, 0.717) is 0 Å². The Morgan fingerprint density at radius 1 is 1.07 bits per heavy atom. The topological polar surface area (TPSA) is 94.8 Å². The van der Waals surface area contributed by atoms with Crippen molar-refractivity contribution in [1.29, 1.82) is 0 Å². The van der Waals surface area contributed by atoms with Crippen LogP contribution in [-0.2, 0) is 9.59 Å². The third kappa shape index (κ3) is 24.6. The summed E-state index contributed by atoms with van der Waals surface area (Å²) in [7, 11) is 6.17. The van der Waals surface area contributed by atoms with Crippen molar-refractivity contribution < 1.29 is 29.4 Å². The molecular weight excluding hydrogens is 202 g/mol. The second-order valence-corrected chi connectivity index (χ2v) is 4.06. The normalized spacial score (nSPS) is 10.1. The van der Waals surface area contributed by atoms with Crippen LogP contribution in [0.3, 0.4) is 0 Å². The van der Waals surface area contributed by atoms with E-state index in [9.17, 15) is 4.79 Å². The highest BCUT2D eigenvalue weighted by molar-refractivity contribution is 5.67. The lowest BCUT2D eigenvalue weighted by molar-refractivity contribution is -0.870. The van der Waals surface area contributed by atoms with Crippen LogP contribution in [0.25, 0.3) is 0 Å². The third-order valence-electron chi connectivity index (χ3n) is 1.35. The van der Waals surface area contributed by atoms with Crippen LogP contribution in [0, 0.1) is 0 Å². The van der Waals surface area contributed by atoms with E-state index in [1.54, 1.807) is 0 Å². The monoisotopic (exact) mass is 222 g/mol. The number of quaternary nitrogens is 1. The molecule has 0 saturated carbocycles. The first-order chi connectivity index (χ1) is 6.69. The minimum absolute atomic E-state index is 0.287. The molecule has 0 spiro atoms. The molecule has 3 N–H and O–H groups in total. The highest BCUT2D eigenvalue weighted by Gasteiger charge is 2.07. The summed E-state index contributed by atoms with van der Waals surface area (Å²) in [6.45, 7) is 0.145. The molecule has 0 rings (SSSR count). The quantitative estimate of drug-likeness (QED) is 0.551. The second-order valence-electron chi connectivity index (χ2n) is 4.06. The highest BCUT2D eigenvalue weighted by Crippen LogP contribution is 1.96. The number of rotatable bonds is 5. The Balaban J connectivity index is 0. The summed E-state index contributed by atoms with van der Waals surface area (Å²) in [5.74, 6) is -1.89. The summed E-state index contributed by atoms with van der Waals surface area (Å²) in [5, 5.41) is 23.3. The average molecular weight is 222 g/mol. The van der Waals surface area contributed by atoms with Crippen LogP contribution in [0.1, 0.15) is 12.8 Å². The SMILES string of the molecule is C[N+](C)(C)CCCC(=O)O.O=C(O)CO. The number of aliphatic carboxylic acids is 2. The van der Waals surface area contributed by atoms with E-state index in [1.165, 1.54) is 0 Å². The molecule has 0 aromatic heterocycles. The van der Waals surface area contributed by atoms with E-state index in [2.05, 4.69) is 21.1 Å². The number of hydrogen-bond donors (Lipinski definition) is 3. The Morgan fingerprint density at radius 2 is 1.47 bits per heavy atom. The van der Waals surface area contributed by atoms with E-state index in [0.717, 1.165) is 17.4 Å². The lowest BCUT2D eigenvalue weighted by Crippen LogP contribution is -2.35. The molecule has 90 valence electrons. The van der Waals surface area contributed by atoms with Gasteiger partial charge in [-0.25, -0.2) is 4.79 Å². The molecule has 0 aliphatic rings. The fraction of sp³-hybridized carbons (Fsp3) is 0.778. The van der Waals surface area contributed by atoms with E-state index in [1.807, 2.05) is 0 Å². The maximum atomic E-state index is 10.1. The van der Waals surface area contributed by atoms with Gasteiger partial charge in [0.05, 0.1) is 34.1 Å². The summed E-state index contributed by atoms with van der Waals surface area (Å²) in [4.78, 5) is 19.2. The maximum Gasteiger partial charge on any atom is 0.329 e. The summed E-state index contributed by atoms with van der Waals surface area (Å²) in [6, 6.07) is 0. The number of aliphatic hydroxyl groups is 1. The van der Waals surface area contributed by atoms with Gasteiger partial charge in [-0.15, -0.1) is 0 Å². The van der Waals surface area contributed by atoms with Crippen LogP contribution in [0.15, 0.2) is 0 Å². The second kappa shape index (κ2) is 8.19. The molecule has 15 heavy (non-hydrogen) atoms. The molecule has 0 aromatic carbocycles. The first-order valence-electron chi connectivity index (χ1n) is 4.54. The summed E-state index contributed by atoms with van der Waals surface area (Å²) >= 11 is 0. The molecule has 0 aromatic rings. The van der Waals surface area contributed by atoms with Crippen LogP contribution in [0.4, 0.5) is 0 Å². The predicted octanol–water partition coefficient (Wildman–Crippen LogP) is -0.379. The van der Waals surface area contributed by atoms with Crippen LogP contribution in [0.5, 0.6) is 0 Å². The molecule has 0 amide bonds. The van der Waals surface area contributed by atoms with Crippen LogP contribution >= 0.6 is 0 Å². The molecular formula is C9H20NO5+. The molecule has 0 radical (unpaired) electrons. The lowest BCUT2D eigenvalue weighted by Gasteiger charge is -2.23. The largest absolute Gasteiger partial charge is 0.481 e. The number of hydrogen-bond acceptors (Lipinski definition) is 3. The van der Waals surface area contributed by atoms with Gasteiger partial charge >= 0.3 is 11.9 Å². The van der Waals surface area contributed by atoms with Gasteiger partial charge in [-0.3, -0.25) is 4.79 Å². The number of carbonyl (C=O) groups is 2. The van der Waals surface area contributed by atoms with Crippen molar-refractivity contribution in [3.05, 3.63) is 0 Å². The zero-order chi connectivity index (χ0) is 12.5. The van der Waals surface area contributed by atoms with E-state index in [4.69, 9.17) is 20.1 Å². The fourth-order valence-corrected chi connectivity index (χ4v) is 0.705. The van der Waals surface area contributed by atoms with Gasteiger partial charge in [0.1, 0.15) is 6.61 Å². The standard InChI is InChI=1S/C7H15NO2.C2H4O3/c1-8(2,3)6-4-5-7(9)10;3-1-2(4)5/h4-6H2,1-3H3;3H,1H2,(H,4,5)/p+1. The number of nitrogens with zero attached hydrogens (tertiary/aromatic N) is 1. The van der Waals surface area contributed by atoms with Gasteiger partial charge < -0.3 is 19.8 Å². The van der Waals surface area contributed by atoms with Crippen LogP contribution in [-0.4, -0.2) is 66.0 Å². The first-order valence-corrected chi connectivity index (χ1v) is 4.54. The summed E-state index contributed by atoms with van der Waals surface area (Å²) < 4.78 is 0.841. The van der Waals surface area contributed by atoms with E-state index in [-0.39, 0.29) is 6.42 Å². The first kappa shape index (κ1) is 16.3. The van der Waals surface area contributed by atoms with Gasteiger partial charge in [0.25, 0.3) is 0 Å². The van der Waals surface area contributed by atoms with Crippen molar-refractivity contribution >= 4 is 11.9 Å². The van der Waals surface area contributed by atoms with Gasteiger partial charge in [-0.2, -0.15) is 0 Å². The van der Waals surface area contributed by atoms with Gasteiger partial charge in [0.15, 0.2) is 0 Å². The molecule has 0 atom stereocenters. The van der Waals surface area contributed by atoms with Gasteiger partial charge in [0.2, 0.25) is 0 Å². The average Bonchev–Trinajstić information content (AvgIpc) is 2.02. The summed E-state index contributed by atoms with van der Waals surface area (Å²) in [5.41, 5.74) is 0. The number of carboxylic acid groups (broad SMARTS) is 2. The molecule has 6 heteroatoms. The van der Waals surface area contributed by atoms with Crippen molar-refractivity contribution in [2.24, 2.45) is 0 Å². The predicted molar refractivity (Wildman–Crippen MR) is 54.5 cm³/mol. The molecule has 0 bridgehead atoms. The molecule has 0 saturated heterocycles. The molecule has 6 nitrogen and oxygen atoms in total. The maximum absolute atomic E-state index is 10.1. The van der Waals surface area contributed by atoms with Crippen molar-refractivity contribution in [3.63, 3.8) is 0 Å². The minimum Gasteiger partial charge on any atom is -0.481 e. The Kier molecular flexibility index (Phi) is 8.90. The Bertz CT molecular complexity index is 197. The van der Waals surface area contributed by atoms with Crippen molar-refractivity contribution in [2.45, 2.75) is 12.8 Å². The molecule has 0 fully saturated rings. The number of aliphatic hydroxyl groups excluding tert-OH is 1. The molecule has 0 heterocycles. The highest BCUT2D eigenvalue weighted by atomic mass is 16.4. The number of carboxylic acids is 2. The van der Waals surface area contributed by atoms with Crippen molar-refractivity contribution in [1.82, 2.24) is 0 Å². The van der Waals surface area contributed by atoms with Gasteiger partial charge in [-0.1, -0.05) is 0 Å². The zero-order valence-electron chi connectivity index (χ0n) is 9.43. The lowest BCUT2D eigenvalue weighted by atomic mass is 10.3. The van der Waals surface area contributed by atoms with E-state index < -0.39 is 18.5 Å². The summed E-state index contributed by atoms with van der Waals surface area (Å²) in [6.07, 6.45) is 1.05.